The number of allylic oxidation sites excluding steroid dienone is 1. The van der Waals surface area contributed by atoms with Crippen LogP contribution in [0.1, 0.15) is 69.4 Å². The predicted molar refractivity (Wildman–Crippen MR) is 113 cm³/mol. The molecule has 1 atom stereocenters. The standard InChI is InChI=1S/C23H30ClFN2O2/c24-16-21(28)27(15-14-17-6-2-1-3-7-17)22(18-10-12-19(25)13-11-18)23(29)26-20-8-4-5-9-20/h6,10-13,20,22H,1-5,7-9,14-16H2,(H,26,29)/t22-/m0/s1. The molecule has 1 aromatic rings. The summed E-state index contributed by atoms with van der Waals surface area (Å²) in [6.45, 7) is 0.428. The maximum absolute atomic E-state index is 13.5. The Kier molecular flexibility index (Phi) is 8.10. The number of rotatable bonds is 8. The van der Waals surface area contributed by atoms with Crippen molar-refractivity contribution in [1.82, 2.24) is 10.2 Å². The van der Waals surface area contributed by atoms with Crippen LogP contribution >= 0.6 is 11.6 Å². The summed E-state index contributed by atoms with van der Waals surface area (Å²) < 4.78 is 13.5. The van der Waals surface area contributed by atoms with Gasteiger partial charge < -0.3 is 10.2 Å². The van der Waals surface area contributed by atoms with Crippen LogP contribution in [0.4, 0.5) is 4.39 Å². The molecule has 4 nitrogen and oxygen atoms in total. The SMILES string of the molecule is O=C(NC1CCCC1)[C@H](c1ccc(F)cc1)N(CCC1=CCCCC1)C(=O)CCl. The zero-order valence-electron chi connectivity index (χ0n) is 16.8. The van der Waals surface area contributed by atoms with Gasteiger partial charge in [-0.05, 0) is 62.6 Å². The molecule has 1 N–H and O–H groups in total. The third-order valence-electron chi connectivity index (χ3n) is 5.94. The number of hydrogen-bond acceptors (Lipinski definition) is 2. The van der Waals surface area contributed by atoms with Gasteiger partial charge in [-0.2, -0.15) is 0 Å². The smallest absolute Gasteiger partial charge is 0.247 e. The Morgan fingerprint density at radius 3 is 2.48 bits per heavy atom. The number of amides is 2. The maximum atomic E-state index is 13.5. The Morgan fingerprint density at radius 1 is 1.14 bits per heavy atom. The summed E-state index contributed by atoms with van der Waals surface area (Å²) in [5.74, 6) is -1.04. The van der Waals surface area contributed by atoms with Gasteiger partial charge in [0, 0.05) is 12.6 Å². The molecule has 6 heteroatoms. The van der Waals surface area contributed by atoms with E-state index in [0.29, 0.717) is 12.1 Å². The molecule has 0 aromatic heterocycles. The van der Waals surface area contributed by atoms with E-state index < -0.39 is 6.04 Å². The minimum atomic E-state index is -0.799. The highest BCUT2D eigenvalue weighted by Crippen LogP contribution is 2.27. The molecular weight excluding hydrogens is 391 g/mol. The molecule has 0 heterocycles. The lowest BCUT2D eigenvalue weighted by Crippen LogP contribution is -2.47. The summed E-state index contributed by atoms with van der Waals surface area (Å²) in [5.41, 5.74) is 1.94. The van der Waals surface area contributed by atoms with Crippen molar-refractivity contribution >= 4 is 23.4 Å². The van der Waals surface area contributed by atoms with Crippen LogP contribution in [0, 0.1) is 5.82 Å². The Bertz CT molecular complexity index is 729. The molecule has 29 heavy (non-hydrogen) atoms. The summed E-state index contributed by atoms with van der Waals surface area (Å²) in [4.78, 5) is 27.5. The zero-order valence-corrected chi connectivity index (χ0v) is 17.6. The lowest BCUT2D eigenvalue weighted by atomic mass is 9.96. The van der Waals surface area contributed by atoms with Crippen molar-refractivity contribution < 1.29 is 14.0 Å². The fraction of sp³-hybridized carbons (Fsp3) is 0.565. The highest BCUT2D eigenvalue weighted by molar-refractivity contribution is 6.27. The van der Waals surface area contributed by atoms with Crippen LogP contribution in [-0.4, -0.2) is 35.2 Å². The largest absolute Gasteiger partial charge is 0.351 e. The summed E-state index contributed by atoms with van der Waals surface area (Å²) >= 11 is 5.90. The van der Waals surface area contributed by atoms with E-state index in [0.717, 1.165) is 44.9 Å². The number of halogens is 2. The second-order valence-corrected chi connectivity index (χ2v) is 8.29. The average Bonchev–Trinajstić information content (AvgIpc) is 3.25. The summed E-state index contributed by atoms with van der Waals surface area (Å²) in [7, 11) is 0. The van der Waals surface area contributed by atoms with E-state index in [1.54, 1.807) is 17.0 Å². The number of hydrogen-bond donors (Lipinski definition) is 1. The number of carbonyl (C=O) groups excluding carboxylic acids is 2. The fourth-order valence-electron chi connectivity index (χ4n) is 4.34. The minimum absolute atomic E-state index is 0.138. The zero-order chi connectivity index (χ0) is 20.6. The number of alkyl halides is 1. The molecule has 1 aromatic carbocycles. The van der Waals surface area contributed by atoms with Crippen LogP contribution in [0.15, 0.2) is 35.9 Å². The number of nitrogens with one attached hydrogen (secondary N) is 1. The molecule has 2 aliphatic carbocycles. The monoisotopic (exact) mass is 420 g/mol. The lowest BCUT2D eigenvalue weighted by Gasteiger charge is -2.32. The number of benzene rings is 1. The third-order valence-corrected chi connectivity index (χ3v) is 6.17. The Morgan fingerprint density at radius 2 is 1.86 bits per heavy atom. The van der Waals surface area contributed by atoms with Crippen LogP contribution in [-0.2, 0) is 9.59 Å². The van der Waals surface area contributed by atoms with E-state index >= 15 is 0 Å². The first kappa shape index (κ1) is 21.8. The van der Waals surface area contributed by atoms with E-state index in [4.69, 9.17) is 11.6 Å². The van der Waals surface area contributed by atoms with Gasteiger partial charge in [0.25, 0.3) is 0 Å². The average molecular weight is 421 g/mol. The second-order valence-electron chi connectivity index (χ2n) is 8.02. The van der Waals surface area contributed by atoms with E-state index in [9.17, 15) is 14.0 Å². The van der Waals surface area contributed by atoms with Crippen molar-refractivity contribution in [2.75, 3.05) is 12.4 Å². The molecule has 0 spiro atoms. The van der Waals surface area contributed by atoms with Gasteiger partial charge in [0.1, 0.15) is 17.7 Å². The maximum Gasteiger partial charge on any atom is 0.247 e. The lowest BCUT2D eigenvalue weighted by molar-refractivity contribution is -0.139. The molecule has 2 aliphatic rings. The molecule has 0 bridgehead atoms. The van der Waals surface area contributed by atoms with E-state index in [-0.39, 0.29) is 29.6 Å². The Balaban J connectivity index is 1.83. The quantitative estimate of drug-likeness (QED) is 0.481. The van der Waals surface area contributed by atoms with Gasteiger partial charge in [-0.3, -0.25) is 9.59 Å². The first-order valence-corrected chi connectivity index (χ1v) is 11.2. The second kappa shape index (κ2) is 10.8. The number of nitrogens with zero attached hydrogens (tertiary/aromatic N) is 1. The van der Waals surface area contributed by atoms with Gasteiger partial charge in [-0.1, -0.05) is 36.6 Å². The van der Waals surface area contributed by atoms with Crippen molar-refractivity contribution in [3.63, 3.8) is 0 Å². The van der Waals surface area contributed by atoms with E-state index in [1.165, 1.54) is 30.5 Å². The molecule has 1 fully saturated rings. The van der Waals surface area contributed by atoms with Gasteiger partial charge in [0.15, 0.2) is 0 Å². The molecule has 0 saturated heterocycles. The van der Waals surface area contributed by atoms with Crippen LogP contribution < -0.4 is 5.32 Å². The van der Waals surface area contributed by atoms with Crippen molar-refractivity contribution in [2.24, 2.45) is 0 Å². The number of carbonyl (C=O) groups is 2. The highest BCUT2D eigenvalue weighted by Gasteiger charge is 2.32. The van der Waals surface area contributed by atoms with Crippen LogP contribution in [0.3, 0.4) is 0 Å². The molecule has 2 amide bonds. The molecule has 158 valence electrons. The topological polar surface area (TPSA) is 49.4 Å². The third kappa shape index (κ3) is 6.05. The highest BCUT2D eigenvalue weighted by atomic mass is 35.5. The fourth-order valence-corrected chi connectivity index (χ4v) is 4.49. The van der Waals surface area contributed by atoms with Gasteiger partial charge in [0.2, 0.25) is 11.8 Å². The Labute approximate surface area is 177 Å². The normalized spacial score (nSPS) is 18.2. The van der Waals surface area contributed by atoms with Crippen LogP contribution in [0.25, 0.3) is 0 Å². The predicted octanol–water partition coefficient (Wildman–Crippen LogP) is 4.88. The van der Waals surface area contributed by atoms with Gasteiger partial charge in [0.05, 0.1) is 0 Å². The van der Waals surface area contributed by atoms with Crippen molar-refractivity contribution in [3.8, 4) is 0 Å². The molecule has 0 radical (unpaired) electrons. The first-order valence-electron chi connectivity index (χ1n) is 10.7. The van der Waals surface area contributed by atoms with Crippen molar-refractivity contribution in [3.05, 3.63) is 47.3 Å². The summed E-state index contributed by atoms with van der Waals surface area (Å²) in [5, 5.41) is 3.11. The van der Waals surface area contributed by atoms with Gasteiger partial charge in [-0.15, -0.1) is 11.6 Å². The summed E-state index contributed by atoms with van der Waals surface area (Å²) in [6.07, 6.45) is 11.6. The van der Waals surface area contributed by atoms with E-state index in [1.807, 2.05) is 0 Å². The molecule has 0 unspecified atom stereocenters. The van der Waals surface area contributed by atoms with E-state index in [2.05, 4.69) is 11.4 Å². The molecule has 1 saturated carbocycles. The summed E-state index contributed by atoms with van der Waals surface area (Å²) in [6, 6.07) is 5.17. The van der Waals surface area contributed by atoms with Crippen molar-refractivity contribution in [2.45, 2.75) is 69.9 Å². The molecular formula is C23H30ClFN2O2. The molecule has 3 rings (SSSR count). The first-order chi connectivity index (χ1) is 14.1. The minimum Gasteiger partial charge on any atom is -0.351 e. The van der Waals surface area contributed by atoms with Crippen molar-refractivity contribution in [1.29, 1.82) is 0 Å². The molecule has 0 aliphatic heterocycles. The Hall–Kier alpha value is -1.88. The van der Waals surface area contributed by atoms with Crippen LogP contribution in [0.2, 0.25) is 0 Å². The van der Waals surface area contributed by atoms with Gasteiger partial charge in [-0.25, -0.2) is 4.39 Å². The van der Waals surface area contributed by atoms with Crippen LogP contribution in [0.5, 0.6) is 0 Å². The van der Waals surface area contributed by atoms with Gasteiger partial charge >= 0.3 is 0 Å².